The highest BCUT2D eigenvalue weighted by Crippen LogP contribution is 2.58. The SMILES string of the molecule is CC1(C)C(=O)[C@@]2(S(=O)(=O)NCc3ccccc3)CCC1C2. The van der Waals surface area contributed by atoms with Crippen molar-refractivity contribution < 1.29 is 13.2 Å². The van der Waals surface area contributed by atoms with Crippen LogP contribution in [0.5, 0.6) is 0 Å². The molecule has 21 heavy (non-hydrogen) atoms. The summed E-state index contributed by atoms with van der Waals surface area (Å²) in [7, 11) is -3.65. The Balaban J connectivity index is 1.84. The van der Waals surface area contributed by atoms with E-state index >= 15 is 0 Å². The summed E-state index contributed by atoms with van der Waals surface area (Å²) in [6, 6.07) is 9.38. The van der Waals surface area contributed by atoms with Crippen LogP contribution in [-0.4, -0.2) is 18.9 Å². The standard InChI is InChI=1S/C16H21NO3S/c1-15(2)13-8-9-16(10-13,14(15)18)21(19,20)17-11-12-6-4-3-5-7-12/h3-7,13,17H,8-11H2,1-2H3/t13?,16-/m1/s1. The number of sulfonamides is 1. The van der Waals surface area contributed by atoms with Gasteiger partial charge >= 0.3 is 0 Å². The topological polar surface area (TPSA) is 63.2 Å². The maximum Gasteiger partial charge on any atom is 0.224 e. The number of carbonyl (C=O) groups excluding carboxylic acids is 1. The number of ketones is 1. The minimum absolute atomic E-state index is 0.105. The second kappa shape index (κ2) is 4.65. The molecule has 1 aromatic rings. The Morgan fingerprint density at radius 3 is 2.48 bits per heavy atom. The Labute approximate surface area is 126 Å². The number of hydrogen-bond donors (Lipinski definition) is 1. The van der Waals surface area contributed by atoms with E-state index in [1.165, 1.54) is 0 Å². The molecular weight excluding hydrogens is 286 g/mol. The fraction of sp³-hybridized carbons (Fsp3) is 0.562. The molecule has 0 amide bonds. The maximum atomic E-state index is 12.8. The molecule has 1 unspecified atom stereocenters. The van der Waals surface area contributed by atoms with Gasteiger partial charge in [-0.1, -0.05) is 44.2 Å². The van der Waals surface area contributed by atoms with Gasteiger partial charge in [-0.25, -0.2) is 13.1 Å². The third-order valence-electron chi connectivity index (χ3n) is 5.32. The molecule has 0 aromatic heterocycles. The van der Waals surface area contributed by atoms with E-state index in [-0.39, 0.29) is 18.2 Å². The van der Waals surface area contributed by atoms with E-state index in [0.717, 1.165) is 12.0 Å². The van der Waals surface area contributed by atoms with Crippen molar-refractivity contribution in [2.24, 2.45) is 11.3 Å². The maximum absolute atomic E-state index is 12.8. The summed E-state index contributed by atoms with van der Waals surface area (Å²) in [6.07, 6.45) is 1.76. The van der Waals surface area contributed by atoms with Crippen LogP contribution in [0.3, 0.4) is 0 Å². The van der Waals surface area contributed by atoms with Crippen LogP contribution < -0.4 is 4.72 Å². The molecule has 2 bridgehead atoms. The number of rotatable bonds is 4. The fourth-order valence-electron chi connectivity index (χ4n) is 3.88. The Bertz CT molecular complexity index is 666. The van der Waals surface area contributed by atoms with Gasteiger partial charge in [0.25, 0.3) is 0 Å². The van der Waals surface area contributed by atoms with Gasteiger partial charge in [-0.15, -0.1) is 0 Å². The van der Waals surface area contributed by atoms with Crippen molar-refractivity contribution in [1.29, 1.82) is 0 Å². The van der Waals surface area contributed by atoms with Gasteiger partial charge in [0, 0.05) is 12.0 Å². The summed E-state index contributed by atoms with van der Waals surface area (Å²) in [5.41, 5.74) is 0.386. The van der Waals surface area contributed by atoms with Crippen molar-refractivity contribution in [2.75, 3.05) is 0 Å². The van der Waals surface area contributed by atoms with Crippen LogP contribution in [0.15, 0.2) is 30.3 Å². The fourth-order valence-corrected chi connectivity index (χ4v) is 5.83. The average molecular weight is 307 g/mol. The summed E-state index contributed by atoms with van der Waals surface area (Å²) >= 11 is 0. The number of Topliss-reactive ketones (excluding diaryl/α,β-unsaturated/α-hetero) is 1. The molecule has 2 atom stereocenters. The Hall–Kier alpha value is -1.20. The first-order chi connectivity index (χ1) is 9.80. The quantitative estimate of drug-likeness (QED) is 0.928. The first-order valence-electron chi connectivity index (χ1n) is 7.38. The second-order valence-electron chi connectivity index (χ2n) is 6.79. The summed E-state index contributed by atoms with van der Waals surface area (Å²) in [5, 5.41) is 0. The molecule has 0 saturated heterocycles. The number of fused-ring (bicyclic) bond motifs is 2. The van der Waals surface area contributed by atoms with Gasteiger partial charge in [0.2, 0.25) is 10.0 Å². The number of hydrogen-bond acceptors (Lipinski definition) is 3. The van der Waals surface area contributed by atoms with E-state index in [1.807, 2.05) is 44.2 Å². The first-order valence-corrected chi connectivity index (χ1v) is 8.86. The highest BCUT2D eigenvalue weighted by atomic mass is 32.2. The molecule has 0 heterocycles. The van der Waals surface area contributed by atoms with Crippen LogP contribution in [0.1, 0.15) is 38.7 Å². The molecule has 2 aliphatic carbocycles. The lowest BCUT2D eigenvalue weighted by molar-refractivity contribution is -0.129. The molecular formula is C16H21NO3S. The molecule has 3 rings (SSSR count). The molecule has 114 valence electrons. The van der Waals surface area contributed by atoms with Crippen molar-refractivity contribution in [2.45, 2.75) is 44.4 Å². The van der Waals surface area contributed by atoms with Gasteiger partial charge in [0.1, 0.15) is 4.75 Å². The minimum atomic E-state index is -3.65. The van der Waals surface area contributed by atoms with Gasteiger partial charge in [-0.3, -0.25) is 4.79 Å². The van der Waals surface area contributed by atoms with Crippen LogP contribution in [-0.2, 0) is 21.4 Å². The monoisotopic (exact) mass is 307 g/mol. The number of carbonyl (C=O) groups is 1. The predicted molar refractivity (Wildman–Crippen MR) is 81.1 cm³/mol. The van der Waals surface area contributed by atoms with Crippen LogP contribution in [0, 0.1) is 11.3 Å². The summed E-state index contributed by atoms with van der Waals surface area (Å²) in [5.74, 6) is 0.0881. The Morgan fingerprint density at radius 1 is 1.24 bits per heavy atom. The average Bonchev–Trinajstić information content (AvgIpc) is 2.99. The van der Waals surface area contributed by atoms with E-state index in [2.05, 4.69) is 4.72 Å². The van der Waals surface area contributed by atoms with Gasteiger partial charge in [-0.2, -0.15) is 0 Å². The van der Waals surface area contributed by atoms with Gasteiger partial charge in [0.15, 0.2) is 5.78 Å². The van der Waals surface area contributed by atoms with E-state index in [4.69, 9.17) is 0 Å². The van der Waals surface area contributed by atoms with Gasteiger partial charge in [0.05, 0.1) is 0 Å². The van der Waals surface area contributed by atoms with E-state index in [9.17, 15) is 13.2 Å². The van der Waals surface area contributed by atoms with Crippen molar-refractivity contribution >= 4 is 15.8 Å². The summed E-state index contributed by atoms with van der Waals surface area (Å²) < 4.78 is 27.0. The first kappa shape index (κ1) is 14.7. The molecule has 0 aliphatic heterocycles. The van der Waals surface area contributed by atoms with E-state index < -0.39 is 20.2 Å². The molecule has 5 heteroatoms. The lowest BCUT2D eigenvalue weighted by Gasteiger charge is -2.32. The lowest BCUT2D eigenvalue weighted by Crippen LogP contribution is -2.51. The van der Waals surface area contributed by atoms with Crippen molar-refractivity contribution in [3.8, 4) is 0 Å². The molecule has 2 aliphatic rings. The Kier molecular flexibility index (Phi) is 3.26. The van der Waals surface area contributed by atoms with Crippen molar-refractivity contribution in [1.82, 2.24) is 4.72 Å². The van der Waals surface area contributed by atoms with Crippen LogP contribution >= 0.6 is 0 Å². The zero-order valence-electron chi connectivity index (χ0n) is 12.4. The van der Waals surface area contributed by atoms with Crippen LogP contribution in [0.2, 0.25) is 0 Å². The smallest absolute Gasteiger partial charge is 0.224 e. The largest absolute Gasteiger partial charge is 0.297 e. The molecule has 0 radical (unpaired) electrons. The van der Waals surface area contributed by atoms with Crippen molar-refractivity contribution in [3.63, 3.8) is 0 Å². The third-order valence-corrected chi connectivity index (χ3v) is 7.43. The second-order valence-corrected chi connectivity index (χ2v) is 8.87. The van der Waals surface area contributed by atoms with Crippen LogP contribution in [0.4, 0.5) is 0 Å². The molecule has 2 fully saturated rings. The molecule has 4 nitrogen and oxygen atoms in total. The molecule has 0 spiro atoms. The zero-order valence-corrected chi connectivity index (χ0v) is 13.2. The molecule has 1 N–H and O–H groups in total. The Morgan fingerprint density at radius 2 is 1.90 bits per heavy atom. The highest BCUT2D eigenvalue weighted by Gasteiger charge is 2.67. The third kappa shape index (κ3) is 2.06. The number of nitrogens with one attached hydrogen (secondary N) is 1. The van der Waals surface area contributed by atoms with E-state index in [0.29, 0.717) is 12.8 Å². The summed E-state index contributed by atoms with van der Waals surface area (Å²) in [4.78, 5) is 12.6. The predicted octanol–water partition coefficient (Wildman–Crippen LogP) is 2.25. The van der Waals surface area contributed by atoms with Crippen molar-refractivity contribution in [3.05, 3.63) is 35.9 Å². The highest BCUT2D eigenvalue weighted by molar-refractivity contribution is 7.91. The lowest BCUT2D eigenvalue weighted by atomic mass is 9.75. The minimum Gasteiger partial charge on any atom is -0.297 e. The van der Waals surface area contributed by atoms with Crippen LogP contribution in [0.25, 0.3) is 0 Å². The van der Waals surface area contributed by atoms with E-state index in [1.54, 1.807) is 0 Å². The number of benzene rings is 1. The van der Waals surface area contributed by atoms with Gasteiger partial charge < -0.3 is 0 Å². The molecule has 2 saturated carbocycles. The molecule has 1 aromatic carbocycles. The normalized spacial score (nSPS) is 30.8. The summed E-state index contributed by atoms with van der Waals surface area (Å²) in [6.45, 7) is 4.00. The zero-order chi connectivity index (χ0) is 15.3. The van der Waals surface area contributed by atoms with Gasteiger partial charge in [-0.05, 0) is 30.7 Å².